The number of anilines is 1. The van der Waals surface area contributed by atoms with Crippen LogP contribution in [-0.4, -0.2) is 28.5 Å². The van der Waals surface area contributed by atoms with E-state index in [0.717, 1.165) is 5.56 Å². The Balaban J connectivity index is 2.49. The summed E-state index contributed by atoms with van der Waals surface area (Å²) in [5.74, 6) is -0.503. The van der Waals surface area contributed by atoms with Crippen LogP contribution in [0.4, 0.5) is 5.69 Å². The number of carboxylic acids is 1. The molecule has 1 aromatic carbocycles. The topological polar surface area (TPSA) is 90.2 Å². The lowest BCUT2D eigenvalue weighted by molar-refractivity contribution is -0.137. The minimum absolute atomic E-state index is 0.0649. The molecule has 0 aliphatic carbocycles. The van der Waals surface area contributed by atoms with Gasteiger partial charge in [-0.05, 0) is 24.1 Å². The molecule has 0 unspecified atom stereocenters. The van der Waals surface area contributed by atoms with Crippen LogP contribution in [0, 0.1) is 11.3 Å². The zero-order chi connectivity index (χ0) is 14.1. The van der Waals surface area contributed by atoms with E-state index in [4.69, 9.17) is 10.4 Å². The highest BCUT2D eigenvalue weighted by Crippen LogP contribution is 2.13. The first-order valence-electron chi connectivity index (χ1n) is 5.67. The highest BCUT2D eigenvalue weighted by Gasteiger charge is 2.04. The second-order valence-electron chi connectivity index (χ2n) is 3.79. The Bertz CT molecular complexity index is 497. The van der Waals surface area contributed by atoms with E-state index in [1.54, 1.807) is 18.2 Å². The number of aliphatic carboxylic acids is 1. The average Bonchev–Trinajstić information content (AvgIpc) is 2.37. The van der Waals surface area contributed by atoms with Gasteiger partial charge in [0.2, 0.25) is 5.91 Å². The fourth-order valence-corrected chi connectivity index (χ4v) is 1.89. The molecule has 19 heavy (non-hydrogen) atoms. The molecule has 0 atom stereocenters. The van der Waals surface area contributed by atoms with Gasteiger partial charge in [-0.3, -0.25) is 9.59 Å². The third-order valence-corrected chi connectivity index (χ3v) is 3.04. The maximum absolute atomic E-state index is 11.5. The molecule has 5 nitrogen and oxygen atoms in total. The Morgan fingerprint density at radius 2 is 2.21 bits per heavy atom. The van der Waals surface area contributed by atoms with E-state index in [1.165, 1.54) is 11.8 Å². The fourth-order valence-electron chi connectivity index (χ4n) is 1.44. The van der Waals surface area contributed by atoms with Crippen molar-refractivity contribution in [3.05, 3.63) is 29.8 Å². The number of hydrogen-bond acceptors (Lipinski definition) is 4. The number of nitrogens with zero attached hydrogens (tertiary/aromatic N) is 1. The second kappa shape index (κ2) is 8.16. The number of carboxylic acid groups (broad SMARTS) is 1. The molecule has 0 heterocycles. The number of aryl methyl sites for hydroxylation is 1. The Morgan fingerprint density at radius 1 is 1.42 bits per heavy atom. The smallest absolute Gasteiger partial charge is 0.303 e. The first kappa shape index (κ1) is 15.1. The van der Waals surface area contributed by atoms with E-state index in [1.807, 2.05) is 12.1 Å². The molecular weight excluding hydrogens is 264 g/mol. The number of nitriles is 1. The molecule has 0 saturated carbocycles. The molecule has 2 N–H and O–H groups in total. The van der Waals surface area contributed by atoms with Crippen molar-refractivity contribution in [2.24, 2.45) is 0 Å². The summed E-state index contributed by atoms with van der Waals surface area (Å²) in [6.45, 7) is 0. The number of rotatable bonds is 7. The van der Waals surface area contributed by atoms with Crippen LogP contribution >= 0.6 is 11.8 Å². The van der Waals surface area contributed by atoms with Gasteiger partial charge in [-0.25, -0.2) is 0 Å². The highest BCUT2D eigenvalue weighted by atomic mass is 32.2. The lowest BCUT2D eigenvalue weighted by Crippen LogP contribution is -2.14. The third kappa shape index (κ3) is 6.48. The molecule has 0 radical (unpaired) electrons. The minimum atomic E-state index is -0.845. The van der Waals surface area contributed by atoms with E-state index in [-0.39, 0.29) is 23.8 Å². The van der Waals surface area contributed by atoms with Crippen LogP contribution < -0.4 is 5.32 Å². The van der Waals surface area contributed by atoms with E-state index < -0.39 is 5.97 Å². The van der Waals surface area contributed by atoms with Crippen LogP contribution in [0.1, 0.15) is 12.0 Å². The molecule has 6 heteroatoms. The van der Waals surface area contributed by atoms with Crippen LogP contribution in [-0.2, 0) is 16.0 Å². The van der Waals surface area contributed by atoms with Gasteiger partial charge in [0.15, 0.2) is 0 Å². The lowest BCUT2D eigenvalue weighted by Gasteiger charge is -2.06. The SMILES string of the molecule is N#CCSCC(=O)Nc1cccc(CCC(=O)O)c1. The van der Waals surface area contributed by atoms with Crippen LogP contribution in [0.5, 0.6) is 0 Å². The summed E-state index contributed by atoms with van der Waals surface area (Å²) in [5, 5.41) is 19.7. The Morgan fingerprint density at radius 3 is 2.89 bits per heavy atom. The first-order chi connectivity index (χ1) is 9.11. The van der Waals surface area contributed by atoms with Crippen molar-refractivity contribution in [1.82, 2.24) is 0 Å². The normalized spacial score (nSPS) is 9.63. The molecule has 100 valence electrons. The van der Waals surface area contributed by atoms with E-state index in [2.05, 4.69) is 5.32 Å². The molecule has 0 saturated heterocycles. The Kier molecular flexibility index (Phi) is 6.47. The summed E-state index contributed by atoms with van der Waals surface area (Å²) in [6.07, 6.45) is 0.498. The van der Waals surface area contributed by atoms with Gasteiger partial charge in [-0.15, -0.1) is 11.8 Å². The zero-order valence-electron chi connectivity index (χ0n) is 10.3. The number of amides is 1. The van der Waals surface area contributed by atoms with Crippen molar-refractivity contribution in [2.45, 2.75) is 12.8 Å². The standard InChI is InChI=1S/C13H14N2O3S/c14-6-7-19-9-12(16)15-11-3-1-2-10(8-11)4-5-13(17)18/h1-3,8H,4-5,7,9H2,(H,15,16)(H,17,18). The maximum Gasteiger partial charge on any atom is 0.303 e. The van der Waals surface area contributed by atoms with Crippen molar-refractivity contribution in [1.29, 1.82) is 5.26 Å². The second-order valence-corrected chi connectivity index (χ2v) is 4.78. The van der Waals surface area contributed by atoms with Gasteiger partial charge in [-0.1, -0.05) is 12.1 Å². The van der Waals surface area contributed by atoms with Gasteiger partial charge in [-0.2, -0.15) is 5.26 Å². The zero-order valence-corrected chi connectivity index (χ0v) is 11.1. The number of carbonyl (C=O) groups excluding carboxylic acids is 1. The van der Waals surface area contributed by atoms with Gasteiger partial charge in [0.05, 0.1) is 17.6 Å². The van der Waals surface area contributed by atoms with Crippen LogP contribution in [0.25, 0.3) is 0 Å². The molecule has 0 bridgehead atoms. The molecule has 0 aromatic heterocycles. The van der Waals surface area contributed by atoms with Crippen LogP contribution in [0.2, 0.25) is 0 Å². The number of carbonyl (C=O) groups is 2. The van der Waals surface area contributed by atoms with Gasteiger partial charge in [0.25, 0.3) is 0 Å². The van der Waals surface area contributed by atoms with E-state index in [0.29, 0.717) is 12.1 Å². The molecule has 0 aliphatic heterocycles. The van der Waals surface area contributed by atoms with Crippen molar-refractivity contribution >= 4 is 29.3 Å². The minimum Gasteiger partial charge on any atom is -0.481 e. The molecule has 0 aliphatic rings. The highest BCUT2D eigenvalue weighted by molar-refractivity contribution is 8.00. The monoisotopic (exact) mass is 278 g/mol. The Labute approximate surface area is 115 Å². The molecule has 0 fully saturated rings. The van der Waals surface area contributed by atoms with Gasteiger partial charge < -0.3 is 10.4 Å². The summed E-state index contributed by atoms with van der Waals surface area (Å²) in [5.41, 5.74) is 1.51. The van der Waals surface area contributed by atoms with Gasteiger partial charge in [0, 0.05) is 12.1 Å². The predicted octanol–water partition coefficient (Wildman–Crippen LogP) is 1.90. The third-order valence-electron chi connectivity index (χ3n) is 2.24. The average molecular weight is 278 g/mol. The Hall–Kier alpha value is -2.00. The van der Waals surface area contributed by atoms with E-state index in [9.17, 15) is 9.59 Å². The molecule has 1 aromatic rings. The van der Waals surface area contributed by atoms with E-state index >= 15 is 0 Å². The number of hydrogen-bond donors (Lipinski definition) is 2. The quantitative estimate of drug-likeness (QED) is 0.743. The molecular formula is C13H14N2O3S. The first-order valence-corrected chi connectivity index (χ1v) is 6.82. The van der Waals surface area contributed by atoms with Crippen molar-refractivity contribution < 1.29 is 14.7 Å². The summed E-state index contributed by atoms with van der Waals surface area (Å²) >= 11 is 1.25. The van der Waals surface area contributed by atoms with Crippen molar-refractivity contribution in [3.63, 3.8) is 0 Å². The largest absolute Gasteiger partial charge is 0.481 e. The fraction of sp³-hybridized carbons (Fsp3) is 0.308. The maximum atomic E-state index is 11.5. The summed E-state index contributed by atoms with van der Waals surface area (Å²) in [7, 11) is 0. The summed E-state index contributed by atoms with van der Waals surface area (Å²) in [4.78, 5) is 22.0. The number of thioether (sulfide) groups is 1. The summed E-state index contributed by atoms with van der Waals surface area (Å²) in [6, 6.07) is 9.05. The molecule has 0 spiro atoms. The van der Waals surface area contributed by atoms with Crippen molar-refractivity contribution in [3.8, 4) is 6.07 Å². The van der Waals surface area contributed by atoms with Gasteiger partial charge in [0.1, 0.15) is 0 Å². The molecule has 1 rings (SSSR count). The van der Waals surface area contributed by atoms with Gasteiger partial charge >= 0.3 is 5.97 Å². The van der Waals surface area contributed by atoms with Crippen LogP contribution in [0.3, 0.4) is 0 Å². The van der Waals surface area contributed by atoms with Crippen LogP contribution in [0.15, 0.2) is 24.3 Å². The summed E-state index contributed by atoms with van der Waals surface area (Å²) < 4.78 is 0. The number of nitrogens with one attached hydrogen (secondary N) is 1. The molecule has 1 amide bonds. The lowest BCUT2D eigenvalue weighted by atomic mass is 10.1. The predicted molar refractivity (Wildman–Crippen MR) is 74.0 cm³/mol. The van der Waals surface area contributed by atoms with Crippen molar-refractivity contribution in [2.75, 3.05) is 16.8 Å². The number of benzene rings is 1.